The number of fused-ring (bicyclic) bond motifs is 3. The molecule has 4 aromatic rings. The Kier molecular flexibility index (Phi) is 7.63. The zero-order valence-corrected chi connectivity index (χ0v) is 23.4. The molecule has 0 N–H and O–H groups in total. The van der Waals surface area contributed by atoms with E-state index in [0.29, 0.717) is 41.7 Å². The summed E-state index contributed by atoms with van der Waals surface area (Å²) in [6.07, 6.45) is 2.81. The molecule has 2 aromatic carbocycles. The number of esters is 1. The first-order chi connectivity index (χ1) is 18.9. The van der Waals surface area contributed by atoms with Crippen molar-refractivity contribution in [3.8, 4) is 17.2 Å². The third kappa shape index (κ3) is 4.99. The average molecular weight is 551 g/mol. The lowest BCUT2D eigenvalue weighted by Gasteiger charge is -2.25. The Labute approximate surface area is 232 Å². The summed E-state index contributed by atoms with van der Waals surface area (Å²) >= 11 is 6.53. The third-order valence-electron chi connectivity index (χ3n) is 6.95. The number of carbonyl (C=O) groups excluding carboxylic acids is 1. The Bertz CT molecular complexity index is 1510. The van der Waals surface area contributed by atoms with Gasteiger partial charge in [-0.2, -0.15) is 5.10 Å². The quantitative estimate of drug-likeness (QED) is 0.257. The minimum atomic E-state index is -0.525. The van der Waals surface area contributed by atoms with Gasteiger partial charge in [-0.1, -0.05) is 23.7 Å². The number of para-hydroxylation sites is 1. The molecule has 0 unspecified atom stereocenters. The molecule has 3 heterocycles. The van der Waals surface area contributed by atoms with Gasteiger partial charge in [-0.05, 0) is 45.0 Å². The maximum Gasteiger partial charge on any atom is 0.341 e. The molecule has 2 aromatic heterocycles. The van der Waals surface area contributed by atoms with Crippen LogP contribution in [0.2, 0.25) is 5.02 Å². The average Bonchev–Trinajstić information content (AvgIpc) is 3.49. The van der Waals surface area contributed by atoms with Crippen molar-refractivity contribution < 1.29 is 23.7 Å². The summed E-state index contributed by atoms with van der Waals surface area (Å²) in [5.41, 5.74) is 4.99. The van der Waals surface area contributed by atoms with E-state index in [4.69, 9.17) is 35.5 Å². The summed E-state index contributed by atoms with van der Waals surface area (Å²) in [5, 5.41) is 4.96. The molecule has 5 rings (SSSR count). The van der Waals surface area contributed by atoms with Gasteiger partial charge < -0.3 is 18.9 Å². The van der Waals surface area contributed by atoms with E-state index in [1.165, 1.54) is 6.20 Å². The van der Waals surface area contributed by atoms with Gasteiger partial charge in [0.1, 0.15) is 18.0 Å². The number of ether oxygens (including phenoxy) is 4. The molecule has 0 radical (unpaired) electrons. The van der Waals surface area contributed by atoms with E-state index >= 15 is 0 Å². The normalized spacial score (nSPS) is 16.3. The SMILES string of the molecule is CCOC(=O)c1cnn(CC[C@@H]2O[C@@H](c3cccc(OC)c3OC)c3cc(Cl)ccc3-n3c2nc(C)c3C)c1. The van der Waals surface area contributed by atoms with Gasteiger partial charge >= 0.3 is 5.97 Å². The summed E-state index contributed by atoms with van der Waals surface area (Å²) in [6, 6.07) is 11.5. The highest BCUT2D eigenvalue weighted by Gasteiger charge is 2.35. The number of hydrogen-bond donors (Lipinski definition) is 0. The number of rotatable bonds is 8. The molecular weight excluding hydrogens is 520 g/mol. The topological polar surface area (TPSA) is 89.6 Å². The van der Waals surface area contributed by atoms with E-state index in [1.807, 2.05) is 50.2 Å². The van der Waals surface area contributed by atoms with E-state index in [-0.39, 0.29) is 0 Å². The van der Waals surface area contributed by atoms with E-state index in [0.717, 1.165) is 34.0 Å². The second-order valence-corrected chi connectivity index (χ2v) is 9.70. The zero-order valence-electron chi connectivity index (χ0n) is 22.6. The molecule has 0 fully saturated rings. The van der Waals surface area contributed by atoms with Crippen molar-refractivity contribution in [2.45, 2.75) is 45.9 Å². The maximum atomic E-state index is 12.1. The fourth-order valence-electron chi connectivity index (χ4n) is 5.01. The van der Waals surface area contributed by atoms with Crippen LogP contribution in [0, 0.1) is 13.8 Å². The van der Waals surface area contributed by atoms with Gasteiger partial charge in [0.25, 0.3) is 0 Å². The summed E-state index contributed by atoms with van der Waals surface area (Å²) in [6.45, 7) is 6.62. The van der Waals surface area contributed by atoms with Crippen molar-refractivity contribution in [2.24, 2.45) is 0 Å². The number of methoxy groups -OCH3 is 2. The van der Waals surface area contributed by atoms with Crippen LogP contribution in [-0.2, 0) is 16.0 Å². The van der Waals surface area contributed by atoms with Crippen LogP contribution in [-0.4, -0.2) is 46.1 Å². The van der Waals surface area contributed by atoms with Crippen molar-refractivity contribution >= 4 is 17.6 Å². The van der Waals surface area contributed by atoms with Crippen LogP contribution < -0.4 is 9.47 Å². The van der Waals surface area contributed by atoms with Crippen LogP contribution in [0.3, 0.4) is 0 Å². The predicted molar refractivity (Wildman–Crippen MR) is 146 cm³/mol. The highest BCUT2D eigenvalue weighted by molar-refractivity contribution is 6.30. The van der Waals surface area contributed by atoms with Crippen LogP contribution in [0.1, 0.15) is 64.2 Å². The van der Waals surface area contributed by atoms with Gasteiger partial charge in [-0.15, -0.1) is 0 Å². The minimum Gasteiger partial charge on any atom is -0.493 e. The van der Waals surface area contributed by atoms with E-state index in [1.54, 1.807) is 32.0 Å². The summed E-state index contributed by atoms with van der Waals surface area (Å²) in [5.74, 6) is 1.59. The van der Waals surface area contributed by atoms with Crippen LogP contribution >= 0.6 is 11.6 Å². The van der Waals surface area contributed by atoms with Gasteiger partial charge in [-0.25, -0.2) is 9.78 Å². The number of halogens is 1. The molecule has 0 spiro atoms. The molecular formula is C29H31ClN4O5. The first-order valence-electron chi connectivity index (χ1n) is 12.8. The van der Waals surface area contributed by atoms with Crippen LogP contribution in [0.15, 0.2) is 48.8 Å². The Morgan fingerprint density at radius 3 is 2.69 bits per heavy atom. The van der Waals surface area contributed by atoms with Gasteiger partial charge in [0.05, 0.1) is 44.0 Å². The fraction of sp³-hybridized carbons (Fsp3) is 0.345. The molecule has 39 heavy (non-hydrogen) atoms. The lowest BCUT2D eigenvalue weighted by molar-refractivity contribution is -0.00415. The Morgan fingerprint density at radius 2 is 1.95 bits per heavy atom. The molecule has 0 aliphatic carbocycles. The Balaban J connectivity index is 1.59. The van der Waals surface area contributed by atoms with Crippen LogP contribution in [0.5, 0.6) is 11.5 Å². The van der Waals surface area contributed by atoms with Crippen molar-refractivity contribution in [1.29, 1.82) is 0 Å². The van der Waals surface area contributed by atoms with Crippen LogP contribution in [0.4, 0.5) is 0 Å². The highest BCUT2D eigenvalue weighted by Crippen LogP contribution is 2.46. The monoisotopic (exact) mass is 550 g/mol. The van der Waals surface area contributed by atoms with Crippen molar-refractivity contribution in [2.75, 3.05) is 20.8 Å². The molecule has 1 aliphatic heterocycles. The predicted octanol–water partition coefficient (Wildman–Crippen LogP) is 5.78. The number of nitrogens with zero attached hydrogens (tertiary/aromatic N) is 4. The Hall–Kier alpha value is -3.82. The third-order valence-corrected chi connectivity index (χ3v) is 7.19. The van der Waals surface area contributed by atoms with Crippen molar-refractivity contribution in [1.82, 2.24) is 19.3 Å². The number of aromatic nitrogens is 4. The summed E-state index contributed by atoms with van der Waals surface area (Å²) in [7, 11) is 3.23. The molecule has 0 amide bonds. The number of aryl methyl sites for hydroxylation is 2. The molecule has 2 atom stereocenters. The number of carbonyl (C=O) groups is 1. The largest absolute Gasteiger partial charge is 0.493 e. The fourth-order valence-corrected chi connectivity index (χ4v) is 5.19. The molecule has 1 aliphatic rings. The summed E-state index contributed by atoms with van der Waals surface area (Å²) in [4.78, 5) is 17.1. The smallest absolute Gasteiger partial charge is 0.341 e. The second kappa shape index (κ2) is 11.1. The minimum absolute atomic E-state index is 0.307. The molecule has 0 saturated heterocycles. The number of imidazole rings is 1. The first-order valence-corrected chi connectivity index (χ1v) is 13.2. The lowest BCUT2D eigenvalue weighted by atomic mass is 9.98. The van der Waals surface area contributed by atoms with E-state index in [9.17, 15) is 4.79 Å². The van der Waals surface area contributed by atoms with E-state index < -0.39 is 18.2 Å². The van der Waals surface area contributed by atoms with E-state index in [2.05, 4.69) is 9.67 Å². The zero-order chi connectivity index (χ0) is 27.7. The number of benzene rings is 2. The van der Waals surface area contributed by atoms with Crippen molar-refractivity contribution in [3.05, 3.63) is 87.7 Å². The molecule has 0 saturated carbocycles. The van der Waals surface area contributed by atoms with Gasteiger partial charge in [0.15, 0.2) is 11.5 Å². The standard InChI is InChI=1S/C29H31ClN4O5/c1-6-38-29(35)19-15-31-33(16-19)13-12-25-28-32-17(2)18(3)34(28)23-11-10-20(30)14-22(23)26(39-25)21-8-7-9-24(36-4)27(21)37-5/h7-11,14-16,25-26H,6,12-13H2,1-5H3/t25-,26-/m0/s1. The maximum absolute atomic E-state index is 12.1. The van der Waals surface area contributed by atoms with Crippen molar-refractivity contribution in [3.63, 3.8) is 0 Å². The van der Waals surface area contributed by atoms with Gasteiger partial charge in [-0.3, -0.25) is 9.25 Å². The lowest BCUT2D eigenvalue weighted by Crippen LogP contribution is -2.15. The molecule has 204 valence electrons. The molecule has 9 nitrogen and oxygen atoms in total. The second-order valence-electron chi connectivity index (χ2n) is 9.27. The number of hydrogen-bond acceptors (Lipinski definition) is 7. The first kappa shape index (κ1) is 26.8. The molecule has 0 bridgehead atoms. The Morgan fingerprint density at radius 1 is 1.13 bits per heavy atom. The van der Waals surface area contributed by atoms with Gasteiger partial charge in [0.2, 0.25) is 0 Å². The summed E-state index contributed by atoms with van der Waals surface area (Å²) < 4.78 is 27.3. The van der Waals surface area contributed by atoms with Crippen LogP contribution in [0.25, 0.3) is 5.69 Å². The highest BCUT2D eigenvalue weighted by atomic mass is 35.5. The molecule has 10 heteroatoms. The van der Waals surface area contributed by atoms with Gasteiger partial charge in [0, 0.05) is 41.0 Å².